The van der Waals surface area contributed by atoms with E-state index in [1.165, 1.54) is 32.1 Å². The van der Waals surface area contributed by atoms with Gasteiger partial charge in [0.2, 0.25) is 0 Å². The predicted octanol–water partition coefficient (Wildman–Crippen LogP) is 4.18. The Balaban J connectivity index is 1.58. The first-order valence-electron chi connectivity index (χ1n) is 10.7. The van der Waals surface area contributed by atoms with E-state index in [9.17, 15) is 9.90 Å². The maximum Gasteiger partial charge on any atom is 0.319 e. The molecule has 0 aliphatic heterocycles. The average Bonchev–Trinajstić information content (AvgIpc) is 2.76. The van der Waals surface area contributed by atoms with Gasteiger partial charge in [-0.15, -0.1) is 0 Å². The molecule has 29 heavy (non-hydrogen) atoms. The summed E-state index contributed by atoms with van der Waals surface area (Å²) in [6.07, 6.45) is 7.06. The lowest BCUT2D eigenvalue weighted by molar-refractivity contribution is 0.185. The van der Waals surface area contributed by atoms with Crippen molar-refractivity contribution in [2.45, 2.75) is 57.2 Å². The van der Waals surface area contributed by atoms with Crippen molar-refractivity contribution in [1.29, 1.82) is 0 Å². The highest BCUT2D eigenvalue weighted by Crippen LogP contribution is 2.24. The Hall–Kier alpha value is -2.37. The molecule has 1 fully saturated rings. The number of rotatable bonds is 8. The van der Waals surface area contributed by atoms with Crippen LogP contribution >= 0.6 is 0 Å². The zero-order valence-electron chi connectivity index (χ0n) is 17.3. The number of amides is 2. The van der Waals surface area contributed by atoms with E-state index in [0.717, 1.165) is 23.4 Å². The van der Waals surface area contributed by atoms with E-state index in [1.807, 2.05) is 48.5 Å². The van der Waals surface area contributed by atoms with Crippen molar-refractivity contribution in [1.82, 2.24) is 10.2 Å². The molecule has 5 nitrogen and oxygen atoms in total. The monoisotopic (exact) mass is 395 g/mol. The number of anilines is 1. The fourth-order valence-electron chi connectivity index (χ4n) is 4.10. The Labute approximate surface area is 174 Å². The van der Waals surface area contributed by atoms with Gasteiger partial charge in [0.05, 0.1) is 12.6 Å². The van der Waals surface area contributed by atoms with E-state index in [-0.39, 0.29) is 18.7 Å². The minimum atomic E-state index is -0.325. The molecule has 0 heterocycles. The SMILES string of the molecule is CN(Cc1ccccc1NC(=O)NC(CO)Cc1ccccc1)C1CCCCC1. The molecule has 3 rings (SSSR count). The molecular weight excluding hydrogens is 362 g/mol. The average molecular weight is 396 g/mol. The van der Waals surface area contributed by atoms with Gasteiger partial charge in [0.1, 0.15) is 0 Å². The highest BCUT2D eigenvalue weighted by atomic mass is 16.3. The Morgan fingerprint density at radius 2 is 1.76 bits per heavy atom. The van der Waals surface area contributed by atoms with Crippen LogP contribution in [0.1, 0.15) is 43.2 Å². The predicted molar refractivity (Wildman–Crippen MR) is 118 cm³/mol. The van der Waals surface area contributed by atoms with E-state index in [1.54, 1.807) is 0 Å². The van der Waals surface area contributed by atoms with E-state index in [0.29, 0.717) is 12.5 Å². The third kappa shape index (κ3) is 6.58. The molecule has 1 aliphatic rings. The first kappa shape index (κ1) is 21.3. The number of carbonyl (C=O) groups excluding carboxylic acids is 1. The second-order valence-electron chi connectivity index (χ2n) is 8.03. The highest BCUT2D eigenvalue weighted by molar-refractivity contribution is 5.90. The van der Waals surface area contributed by atoms with Crippen molar-refractivity contribution < 1.29 is 9.90 Å². The van der Waals surface area contributed by atoms with Gasteiger partial charge in [-0.2, -0.15) is 0 Å². The molecule has 1 unspecified atom stereocenters. The van der Waals surface area contributed by atoms with Crippen LogP contribution in [-0.4, -0.2) is 41.8 Å². The zero-order valence-corrected chi connectivity index (χ0v) is 17.3. The van der Waals surface area contributed by atoms with E-state index >= 15 is 0 Å². The summed E-state index contributed by atoms with van der Waals surface area (Å²) >= 11 is 0. The molecule has 1 aliphatic carbocycles. The number of hydrogen-bond acceptors (Lipinski definition) is 3. The lowest BCUT2D eigenvalue weighted by Gasteiger charge is -2.31. The number of hydrogen-bond donors (Lipinski definition) is 3. The summed E-state index contributed by atoms with van der Waals surface area (Å²) in [5.74, 6) is 0. The van der Waals surface area contributed by atoms with Crippen molar-refractivity contribution in [3.8, 4) is 0 Å². The Bertz CT molecular complexity index is 760. The first-order valence-corrected chi connectivity index (χ1v) is 10.7. The van der Waals surface area contributed by atoms with Gasteiger partial charge in [-0.25, -0.2) is 4.79 Å². The molecule has 1 atom stereocenters. The van der Waals surface area contributed by atoms with Crippen LogP contribution in [-0.2, 0) is 13.0 Å². The number of para-hydroxylation sites is 1. The Morgan fingerprint density at radius 1 is 1.07 bits per heavy atom. The number of benzene rings is 2. The van der Waals surface area contributed by atoms with Crippen molar-refractivity contribution in [2.75, 3.05) is 19.0 Å². The van der Waals surface area contributed by atoms with Crippen LogP contribution in [0.5, 0.6) is 0 Å². The Kier molecular flexibility index (Phi) is 8.08. The number of aliphatic hydroxyl groups excluding tert-OH is 1. The van der Waals surface area contributed by atoms with Gasteiger partial charge in [-0.05, 0) is 43.5 Å². The second-order valence-corrected chi connectivity index (χ2v) is 8.03. The summed E-state index contributed by atoms with van der Waals surface area (Å²) in [6, 6.07) is 17.9. The maximum absolute atomic E-state index is 12.6. The summed E-state index contributed by atoms with van der Waals surface area (Å²) in [4.78, 5) is 15.0. The van der Waals surface area contributed by atoms with Gasteiger partial charge in [-0.3, -0.25) is 4.90 Å². The molecule has 3 N–H and O–H groups in total. The van der Waals surface area contributed by atoms with Crippen molar-refractivity contribution in [3.63, 3.8) is 0 Å². The zero-order chi connectivity index (χ0) is 20.5. The normalized spacial score (nSPS) is 15.8. The minimum Gasteiger partial charge on any atom is -0.394 e. The van der Waals surface area contributed by atoms with Gasteiger partial charge in [-0.1, -0.05) is 67.8 Å². The molecule has 0 radical (unpaired) electrons. The quantitative estimate of drug-likeness (QED) is 0.628. The molecule has 2 aromatic rings. The summed E-state index contributed by atoms with van der Waals surface area (Å²) in [6.45, 7) is 0.711. The minimum absolute atomic E-state index is 0.103. The number of aliphatic hydroxyl groups is 1. The third-order valence-electron chi connectivity index (χ3n) is 5.76. The molecule has 156 valence electrons. The van der Waals surface area contributed by atoms with Crippen LogP contribution in [0.25, 0.3) is 0 Å². The third-order valence-corrected chi connectivity index (χ3v) is 5.76. The number of carbonyl (C=O) groups is 1. The molecule has 5 heteroatoms. The van der Waals surface area contributed by atoms with Crippen LogP contribution in [0.3, 0.4) is 0 Å². The van der Waals surface area contributed by atoms with E-state index in [2.05, 4.69) is 28.6 Å². The second kappa shape index (κ2) is 11.0. The number of urea groups is 1. The molecular formula is C24H33N3O2. The number of nitrogens with one attached hydrogen (secondary N) is 2. The fourth-order valence-corrected chi connectivity index (χ4v) is 4.10. The van der Waals surface area contributed by atoms with E-state index in [4.69, 9.17) is 0 Å². The smallest absolute Gasteiger partial charge is 0.319 e. The summed E-state index contributed by atoms with van der Waals surface area (Å²) in [5.41, 5.74) is 3.02. The van der Waals surface area contributed by atoms with Crippen LogP contribution in [0.15, 0.2) is 54.6 Å². The molecule has 1 saturated carbocycles. The first-order chi connectivity index (χ1) is 14.2. The van der Waals surface area contributed by atoms with Crippen molar-refractivity contribution in [2.24, 2.45) is 0 Å². The summed E-state index contributed by atoms with van der Waals surface area (Å²) in [7, 11) is 2.18. The summed E-state index contributed by atoms with van der Waals surface area (Å²) < 4.78 is 0. The summed E-state index contributed by atoms with van der Waals surface area (Å²) in [5, 5.41) is 15.5. The van der Waals surface area contributed by atoms with Gasteiger partial charge < -0.3 is 15.7 Å². The van der Waals surface area contributed by atoms with Crippen LogP contribution in [0, 0.1) is 0 Å². The van der Waals surface area contributed by atoms with Crippen molar-refractivity contribution in [3.05, 3.63) is 65.7 Å². The lowest BCUT2D eigenvalue weighted by atomic mass is 9.94. The van der Waals surface area contributed by atoms with Crippen LogP contribution in [0.2, 0.25) is 0 Å². The fraction of sp³-hybridized carbons (Fsp3) is 0.458. The van der Waals surface area contributed by atoms with Crippen LogP contribution in [0.4, 0.5) is 10.5 Å². The maximum atomic E-state index is 12.6. The lowest BCUT2D eigenvalue weighted by Crippen LogP contribution is -2.41. The standard InChI is InChI=1S/C24H33N3O2/c1-27(22-13-6-3-7-14-22)17-20-12-8-9-15-23(20)26-24(29)25-21(18-28)16-19-10-4-2-5-11-19/h2,4-5,8-12,15,21-22,28H,3,6-7,13-14,16-18H2,1H3,(H2,25,26,29). The van der Waals surface area contributed by atoms with Gasteiger partial charge >= 0.3 is 6.03 Å². The van der Waals surface area contributed by atoms with Gasteiger partial charge in [0.15, 0.2) is 0 Å². The molecule has 2 aromatic carbocycles. The van der Waals surface area contributed by atoms with Crippen molar-refractivity contribution >= 4 is 11.7 Å². The van der Waals surface area contributed by atoms with Gasteiger partial charge in [0, 0.05) is 18.3 Å². The van der Waals surface area contributed by atoms with Gasteiger partial charge in [0.25, 0.3) is 0 Å². The molecule has 0 spiro atoms. The molecule has 0 saturated heterocycles. The topological polar surface area (TPSA) is 64.6 Å². The largest absolute Gasteiger partial charge is 0.394 e. The molecule has 2 amide bonds. The molecule has 0 aromatic heterocycles. The Morgan fingerprint density at radius 3 is 2.48 bits per heavy atom. The highest BCUT2D eigenvalue weighted by Gasteiger charge is 2.19. The number of nitrogens with zero attached hydrogens (tertiary/aromatic N) is 1. The van der Waals surface area contributed by atoms with Crippen LogP contribution < -0.4 is 10.6 Å². The molecule has 0 bridgehead atoms. The van der Waals surface area contributed by atoms with E-state index < -0.39 is 0 Å².